The van der Waals surface area contributed by atoms with E-state index < -0.39 is 0 Å². The smallest absolute Gasteiger partial charge is 0.241 e. The topological polar surface area (TPSA) is 49.4 Å². The van der Waals surface area contributed by atoms with Crippen LogP contribution in [0.25, 0.3) is 0 Å². The van der Waals surface area contributed by atoms with Gasteiger partial charge in [0.05, 0.1) is 6.54 Å². The van der Waals surface area contributed by atoms with Gasteiger partial charge in [-0.05, 0) is 77.0 Å². The predicted molar refractivity (Wildman–Crippen MR) is 333 cm³/mol. The lowest BCUT2D eigenvalue weighted by atomic mass is 9.93. The summed E-state index contributed by atoms with van der Waals surface area (Å²) in [6, 6.07) is 0. The molecule has 0 aromatic rings. The van der Waals surface area contributed by atoms with Crippen LogP contribution in [0.5, 0.6) is 0 Å². The lowest BCUT2D eigenvalue weighted by molar-refractivity contribution is -0.134. The van der Waals surface area contributed by atoms with Crippen molar-refractivity contribution in [3.63, 3.8) is 0 Å². The zero-order valence-electron chi connectivity index (χ0n) is 51.4. The first kappa shape index (κ1) is 72.4. The monoisotopic (exact) mass is 1040 g/mol. The Morgan fingerprint density at radius 3 is 0.770 bits per heavy atom. The van der Waals surface area contributed by atoms with Crippen molar-refractivity contribution in [1.29, 1.82) is 0 Å². The minimum Gasteiger partial charge on any atom is -0.347 e. The van der Waals surface area contributed by atoms with Gasteiger partial charge in [-0.1, -0.05) is 335 Å². The Morgan fingerprint density at radius 2 is 0.514 bits per heavy atom. The van der Waals surface area contributed by atoms with E-state index in [1.54, 1.807) is 0 Å². The maximum Gasteiger partial charge on any atom is 0.241 e. The second-order valence-electron chi connectivity index (χ2n) is 23.7. The average Bonchev–Trinajstić information content (AvgIpc) is 3.41. The highest BCUT2D eigenvalue weighted by molar-refractivity contribution is 5.85. The van der Waals surface area contributed by atoms with Crippen LogP contribution < -0.4 is 5.32 Å². The summed E-state index contributed by atoms with van der Waals surface area (Å²) in [7, 11) is 0. The number of unbranched alkanes of at least 4 members (excludes halogenated alkanes) is 48. The van der Waals surface area contributed by atoms with Gasteiger partial charge in [0.2, 0.25) is 11.8 Å². The van der Waals surface area contributed by atoms with Crippen LogP contribution >= 0.6 is 0 Å². The average molecular weight is 1040 g/mol. The van der Waals surface area contributed by atoms with Gasteiger partial charge in [0.1, 0.15) is 0 Å². The number of hydrogen-bond donors (Lipinski definition) is 1. The maximum absolute atomic E-state index is 13.9. The molecule has 0 saturated heterocycles. The van der Waals surface area contributed by atoms with Crippen LogP contribution in [0, 0.1) is 5.92 Å². The first-order valence-electron chi connectivity index (χ1n) is 34.5. The van der Waals surface area contributed by atoms with E-state index in [2.05, 4.69) is 62.2 Å². The van der Waals surface area contributed by atoms with E-state index in [9.17, 15) is 9.59 Å². The first-order valence-corrected chi connectivity index (χ1v) is 34.5. The van der Waals surface area contributed by atoms with Crippen LogP contribution in [-0.2, 0) is 9.59 Å². The third kappa shape index (κ3) is 56.6. The van der Waals surface area contributed by atoms with Crippen molar-refractivity contribution in [3.8, 4) is 0 Å². The van der Waals surface area contributed by atoms with Gasteiger partial charge in [0, 0.05) is 19.0 Å². The Kier molecular flexibility index (Phi) is 62.6. The van der Waals surface area contributed by atoms with Crippen LogP contribution in [0.3, 0.4) is 0 Å². The first-order chi connectivity index (χ1) is 36.6. The molecule has 0 saturated carbocycles. The molecule has 0 aromatic carbocycles. The SMILES string of the molecule is CCCCCCCC/C=C\CCCCCCCCC(CCCCCC/C=C\CCCCCCCC)C(=O)NCC(=O)N(CCCCCCCCCCCCCCCC)CCCCCCCCCCCCCCCC. The molecule has 1 atom stereocenters. The molecule has 0 aromatic heterocycles. The van der Waals surface area contributed by atoms with Crippen LogP contribution in [-0.4, -0.2) is 36.3 Å². The van der Waals surface area contributed by atoms with Crippen molar-refractivity contribution < 1.29 is 9.59 Å². The third-order valence-corrected chi connectivity index (χ3v) is 16.3. The molecule has 438 valence electrons. The van der Waals surface area contributed by atoms with E-state index in [1.807, 2.05) is 0 Å². The van der Waals surface area contributed by atoms with E-state index in [-0.39, 0.29) is 24.3 Å². The normalized spacial score (nSPS) is 12.2. The fourth-order valence-electron chi connectivity index (χ4n) is 11.1. The zero-order valence-corrected chi connectivity index (χ0v) is 51.4. The number of hydrogen-bond acceptors (Lipinski definition) is 2. The van der Waals surface area contributed by atoms with E-state index in [4.69, 9.17) is 0 Å². The highest BCUT2D eigenvalue weighted by Gasteiger charge is 2.20. The van der Waals surface area contributed by atoms with E-state index in [1.165, 1.54) is 321 Å². The molecule has 0 rings (SSSR count). The van der Waals surface area contributed by atoms with Crippen LogP contribution in [0.4, 0.5) is 0 Å². The number of nitrogens with zero attached hydrogens (tertiary/aromatic N) is 1. The van der Waals surface area contributed by atoms with Gasteiger partial charge in [-0.25, -0.2) is 0 Å². The predicted octanol–water partition coefficient (Wildman–Crippen LogP) is 23.6. The quantitative estimate of drug-likeness (QED) is 0.0487. The van der Waals surface area contributed by atoms with Crippen molar-refractivity contribution >= 4 is 11.8 Å². The highest BCUT2D eigenvalue weighted by atomic mass is 16.2. The lowest BCUT2D eigenvalue weighted by Gasteiger charge is -2.24. The number of nitrogens with one attached hydrogen (secondary N) is 1. The third-order valence-electron chi connectivity index (χ3n) is 16.3. The van der Waals surface area contributed by atoms with E-state index >= 15 is 0 Å². The van der Waals surface area contributed by atoms with Gasteiger partial charge >= 0.3 is 0 Å². The molecule has 0 aliphatic carbocycles. The molecule has 4 heteroatoms. The van der Waals surface area contributed by atoms with Crippen LogP contribution in [0.15, 0.2) is 24.3 Å². The van der Waals surface area contributed by atoms with Gasteiger partial charge in [-0.15, -0.1) is 0 Å². The molecule has 4 nitrogen and oxygen atoms in total. The molecular weight excluding hydrogens is 901 g/mol. The summed E-state index contributed by atoms with van der Waals surface area (Å²) in [6.45, 7) is 11.0. The highest BCUT2D eigenvalue weighted by Crippen LogP contribution is 2.21. The van der Waals surface area contributed by atoms with Gasteiger partial charge < -0.3 is 10.2 Å². The molecule has 74 heavy (non-hydrogen) atoms. The number of carbonyl (C=O) groups excluding carboxylic acids is 2. The molecular formula is C70H136N2O2. The fraction of sp³-hybridized carbons (Fsp3) is 0.914. The van der Waals surface area contributed by atoms with Crippen molar-refractivity contribution in [2.45, 2.75) is 387 Å². The summed E-state index contributed by atoms with van der Waals surface area (Å²) in [4.78, 5) is 30.0. The van der Waals surface area contributed by atoms with Gasteiger partial charge in [-0.3, -0.25) is 9.59 Å². The maximum atomic E-state index is 13.9. The molecule has 0 aliphatic rings. The molecule has 0 radical (unpaired) electrons. The lowest BCUT2D eigenvalue weighted by Crippen LogP contribution is -2.42. The zero-order chi connectivity index (χ0) is 53.6. The fourth-order valence-corrected chi connectivity index (χ4v) is 11.1. The number of rotatable bonds is 63. The molecule has 0 bridgehead atoms. The summed E-state index contributed by atoms with van der Waals surface area (Å²) in [5.41, 5.74) is 0. The summed E-state index contributed by atoms with van der Waals surface area (Å²) >= 11 is 0. The van der Waals surface area contributed by atoms with Crippen molar-refractivity contribution in [2.24, 2.45) is 5.92 Å². The number of amides is 2. The largest absolute Gasteiger partial charge is 0.347 e. The van der Waals surface area contributed by atoms with Crippen molar-refractivity contribution in [3.05, 3.63) is 24.3 Å². The molecule has 0 aliphatic heterocycles. The molecule has 0 heterocycles. The van der Waals surface area contributed by atoms with Crippen molar-refractivity contribution in [1.82, 2.24) is 10.2 Å². The van der Waals surface area contributed by atoms with Crippen LogP contribution in [0.2, 0.25) is 0 Å². The molecule has 0 fully saturated rings. The van der Waals surface area contributed by atoms with Crippen LogP contribution in [0.1, 0.15) is 387 Å². The summed E-state index contributed by atoms with van der Waals surface area (Å²) < 4.78 is 0. The Hall–Kier alpha value is -1.58. The van der Waals surface area contributed by atoms with Gasteiger partial charge in [-0.2, -0.15) is 0 Å². The van der Waals surface area contributed by atoms with E-state index in [0.717, 1.165) is 51.6 Å². The Morgan fingerprint density at radius 1 is 0.297 bits per heavy atom. The second kappa shape index (κ2) is 63.9. The number of allylic oxidation sites excluding steroid dienone is 4. The number of carbonyl (C=O) groups is 2. The molecule has 1 unspecified atom stereocenters. The minimum absolute atomic E-state index is 0.0295. The second-order valence-corrected chi connectivity index (χ2v) is 23.7. The van der Waals surface area contributed by atoms with Gasteiger partial charge in [0.15, 0.2) is 0 Å². The van der Waals surface area contributed by atoms with E-state index in [0.29, 0.717) is 0 Å². The summed E-state index contributed by atoms with van der Waals surface area (Å²) in [5.74, 6) is 0.307. The molecule has 1 N–H and O–H groups in total. The molecule has 2 amide bonds. The minimum atomic E-state index is 0.0295. The molecule has 0 spiro atoms. The van der Waals surface area contributed by atoms with Gasteiger partial charge in [0.25, 0.3) is 0 Å². The Balaban J connectivity index is 5.02. The van der Waals surface area contributed by atoms with Crippen molar-refractivity contribution in [2.75, 3.05) is 19.6 Å². The summed E-state index contributed by atoms with van der Waals surface area (Å²) in [5, 5.41) is 3.22. The standard InChI is InChI=1S/C70H136N2O2/c1-5-9-13-17-21-25-29-33-37-38-40-44-48-52-56-60-64-68(63-59-55-51-47-43-39-34-30-26-22-18-14-10-6-2)70(74)71-67-69(73)72(65-61-57-53-49-45-41-35-31-27-23-19-15-11-7-3)66-62-58-54-50-46-42-36-32-28-24-20-16-12-8-4/h33-34,37,39,68H,5-32,35-36,38,40-67H2,1-4H3,(H,71,74)/b37-33-,39-34-. The Labute approximate surface area is 466 Å². The summed E-state index contributed by atoms with van der Waals surface area (Å²) in [6.07, 6.45) is 83.1. The Bertz CT molecular complexity index is 1120.